The normalized spacial score (nSPS) is 17.1. The van der Waals surface area contributed by atoms with Crippen molar-refractivity contribution >= 4 is 5.69 Å². The molecular weight excluding hydrogens is 224 g/mol. The molecule has 1 saturated heterocycles. The zero-order chi connectivity index (χ0) is 12.8. The van der Waals surface area contributed by atoms with Crippen LogP contribution in [-0.4, -0.2) is 30.8 Å². The van der Waals surface area contributed by atoms with E-state index in [2.05, 4.69) is 34.5 Å². The molecule has 1 aliphatic rings. The molecule has 1 fully saturated rings. The van der Waals surface area contributed by atoms with Crippen molar-refractivity contribution in [2.24, 2.45) is 0 Å². The predicted octanol–water partition coefficient (Wildman–Crippen LogP) is 2.15. The molecule has 0 radical (unpaired) electrons. The van der Waals surface area contributed by atoms with Crippen molar-refractivity contribution in [3.05, 3.63) is 29.8 Å². The van der Waals surface area contributed by atoms with Gasteiger partial charge in [0, 0.05) is 31.9 Å². The monoisotopic (exact) mass is 248 g/mol. The van der Waals surface area contributed by atoms with E-state index in [4.69, 9.17) is 0 Å². The van der Waals surface area contributed by atoms with E-state index >= 15 is 0 Å². The van der Waals surface area contributed by atoms with Crippen LogP contribution in [0.5, 0.6) is 0 Å². The van der Waals surface area contributed by atoms with E-state index in [0.29, 0.717) is 6.54 Å². The van der Waals surface area contributed by atoms with Crippen LogP contribution in [0.3, 0.4) is 0 Å². The van der Waals surface area contributed by atoms with Crippen molar-refractivity contribution in [2.75, 3.05) is 24.5 Å². The Balaban J connectivity index is 1.94. The summed E-state index contributed by atoms with van der Waals surface area (Å²) in [6.07, 6.45) is 3.18. The number of para-hydroxylation sites is 1. The Morgan fingerprint density at radius 1 is 1.28 bits per heavy atom. The SMILES string of the molecule is CCC(O)CNCc1ccccc1N1CCCC1. The van der Waals surface area contributed by atoms with Crippen LogP contribution in [0, 0.1) is 0 Å². The summed E-state index contributed by atoms with van der Waals surface area (Å²) in [4.78, 5) is 2.47. The first-order chi connectivity index (χ1) is 8.81. The number of benzene rings is 1. The summed E-state index contributed by atoms with van der Waals surface area (Å²) < 4.78 is 0. The lowest BCUT2D eigenvalue weighted by Gasteiger charge is -2.21. The minimum atomic E-state index is -0.232. The van der Waals surface area contributed by atoms with Crippen LogP contribution in [-0.2, 0) is 6.54 Å². The minimum Gasteiger partial charge on any atom is -0.392 e. The average molecular weight is 248 g/mol. The quantitative estimate of drug-likeness (QED) is 0.809. The zero-order valence-corrected chi connectivity index (χ0v) is 11.2. The molecule has 0 amide bonds. The van der Waals surface area contributed by atoms with Crippen molar-refractivity contribution < 1.29 is 5.11 Å². The van der Waals surface area contributed by atoms with Gasteiger partial charge in [0.25, 0.3) is 0 Å². The zero-order valence-electron chi connectivity index (χ0n) is 11.2. The molecule has 100 valence electrons. The van der Waals surface area contributed by atoms with Crippen LogP contribution in [0.2, 0.25) is 0 Å². The van der Waals surface area contributed by atoms with Gasteiger partial charge in [-0.2, -0.15) is 0 Å². The van der Waals surface area contributed by atoms with E-state index in [-0.39, 0.29) is 6.10 Å². The molecule has 0 aliphatic carbocycles. The number of anilines is 1. The molecule has 1 unspecified atom stereocenters. The molecule has 1 aromatic carbocycles. The summed E-state index contributed by atoms with van der Waals surface area (Å²) in [5, 5.41) is 12.9. The summed E-state index contributed by atoms with van der Waals surface area (Å²) in [6, 6.07) is 8.59. The number of hydrogen-bond acceptors (Lipinski definition) is 3. The molecule has 1 aromatic rings. The lowest BCUT2D eigenvalue weighted by Crippen LogP contribution is -2.27. The van der Waals surface area contributed by atoms with Gasteiger partial charge in [-0.1, -0.05) is 25.1 Å². The van der Waals surface area contributed by atoms with Gasteiger partial charge >= 0.3 is 0 Å². The predicted molar refractivity (Wildman–Crippen MR) is 75.9 cm³/mol. The first kappa shape index (κ1) is 13.4. The second-order valence-electron chi connectivity index (χ2n) is 5.02. The van der Waals surface area contributed by atoms with Gasteiger partial charge in [0.15, 0.2) is 0 Å². The standard InChI is InChI=1S/C15H24N2O/c1-2-14(18)12-16-11-13-7-3-4-8-15(13)17-9-5-6-10-17/h3-4,7-8,14,16,18H,2,5-6,9-12H2,1H3. The Hall–Kier alpha value is -1.06. The molecule has 0 spiro atoms. The number of nitrogens with zero attached hydrogens (tertiary/aromatic N) is 1. The van der Waals surface area contributed by atoms with Gasteiger partial charge in [-0.25, -0.2) is 0 Å². The molecular formula is C15H24N2O. The molecule has 2 N–H and O–H groups in total. The van der Waals surface area contributed by atoms with Crippen LogP contribution >= 0.6 is 0 Å². The number of hydrogen-bond donors (Lipinski definition) is 2. The molecule has 1 atom stereocenters. The Kier molecular flexibility index (Phi) is 5.02. The average Bonchev–Trinajstić information content (AvgIpc) is 2.93. The van der Waals surface area contributed by atoms with Crippen LogP contribution in [0.25, 0.3) is 0 Å². The summed E-state index contributed by atoms with van der Waals surface area (Å²) in [5.41, 5.74) is 2.69. The van der Waals surface area contributed by atoms with Crippen molar-refractivity contribution in [2.45, 2.75) is 38.8 Å². The second-order valence-corrected chi connectivity index (χ2v) is 5.02. The Morgan fingerprint density at radius 2 is 2.00 bits per heavy atom. The maximum absolute atomic E-state index is 9.54. The van der Waals surface area contributed by atoms with Gasteiger partial charge in [-0.05, 0) is 30.9 Å². The largest absolute Gasteiger partial charge is 0.392 e. The Morgan fingerprint density at radius 3 is 2.72 bits per heavy atom. The number of rotatable bonds is 6. The first-order valence-corrected chi connectivity index (χ1v) is 7.03. The molecule has 2 rings (SSSR count). The van der Waals surface area contributed by atoms with Gasteiger partial charge in [0.2, 0.25) is 0 Å². The maximum atomic E-state index is 9.54. The summed E-state index contributed by atoms with van der Waals surface area (Å²) >= 11 is 0. The molecule has 1 heterocycles. The van der Waals surface area contributed by atoms with E-state index < -0.39 is 0 Å². The fourth-order valence-electron chi connectivity index (χ4n) is 2.44. The molecule has 0 bridgehead atoms. The third-order valence-corrected chi connectivity index (χ3v) is 3.61. The Bertz CT molecular complexity index is 361. The van der Waals surface area contributed by atoms with Gasteiger partial charge in [-0.3, -0.25) is 0 Å². The van der Waals surface area contributed by atoms with Crippen LogP contribution in [0.4, 0.5) is 5.69 Å². The minimum absolute atomic E-state index is 0.232. The fraction of sp³-hybridized carbons (Fsp3) is 0.600. The van der Waals surface area contributed by atoms with Crippen LogP contribution in [0.1, 0.15) is 31.7 Å². The summed E-state index contributed by atoms with van der Waals surface area (Å²) in [6.45, 7) is 5.86. The molecule has 1 aliphatic heterocycles. The van der Waals surface area contributed by atoms with Crippen molar-refractivity contribution in [3.63, 3.8) is 0 Å². The van der Waals surface area contributed by atoms with Crippen LogP contribution in [0.15, 0.2) is 24.3 Å². The van der Waals surface area contributed by atoms with Crippen molar-refractivity contribution in [1.82, 2.24) is 5.32 Å². The van der Waals surface area contributed by atoms with Gasteiger partial charge in [-0.15, -0.1) is 0 Å². The topological polar surface area (TPSA) is 35.5 Å². The van der Waals surface area contributed by atoms with E-state index in [0.717, 1.165) is 13.0 Å². The van der Waals surface area contributed by atoms with Crippen LogP contribution < -0.4 is 10.2 Å². The van der Waals surface area contributed by atoms with Gasteiger partial charge in [0.05, 0.1) is 6.10 Å². The smallest absolute Gasteiger partial charge is 0.0662 e. The number of aliphatic hydroxyl groups excluding tert-OH is 1. The lowest BCUT2D eigenvalue weighted by atomic mass is 10.1. The number of aliphatic hydroxyl groups is 1. The Labute approximate surface area is 110 Å². The molecule has 0 saturated carbocycles. The van der Waals surface area contributed by atoms with Gasteiger partial charge in [0.1, 0.15) is 0 Å². The fourth-order valence-corrected chi connectivity index (χ4v) is 2.44. The molecule has 3 heteroatoms. The van der Waals surface area contributed by atoms with Gasteiger partial charge < -0.3 is 15.3 Å². The summed E-state index contributed by atoms with van der Waals surface area (Å²) in [5.74, 6) is 0. The molecule has 0 aromatic heterocycles. The van der Waals surface area contributed by atoms with Crippen molar-refractivity contribution in [1.29, 1.82) is 0 Å². The lowest BCUT2D eigenvalue weighted by molar-refractivity contribution is 0.167. The third kappa shape index (κ3) is 3.47. The first-order valence-electron chi connectivity index (χ1n) is 7.03. The highest BCUT2D eigenvalue weighted by Crippen LogP contribution is 2.24. The summed E-state index contributed by atoms with van der Waals surface area (Å²) in [7, 11) is 0. The highest BCUT2D eigenvalue weighted by Gasteiger charge is 2.14. The highest BCUT2D eigenvalue weighted by atomic mass is 16.3. The molecule has 18 heavy (non-hydrogen) atoms. The van der Waals surface area contributed by atoms with E-state index in [9.17, 15) is 5.11 Å². The number of nitrogens with one attached hydrogen (secondary N) is 1. The maximum Gasteiger partial charge on any atom is 0.0662 e. The van der Waals surface area contributed by atoms with Crippen molar-refractivity contribution in [3.8, 4) is 0 Å². The van der Waals surface area contributed by atoms with E-state index in [1.54, 1.807) is 0 Å². The van der Waals surface area contributed by atoms with E-state index in [1.165, 1.54) is 37.2 Å². The third-order valence-electron chi connectivity index (χ3n) is 3.61. The highest BCUT2D eigenvalue weighted by molar-refractivity contribution is 5.54. The second kappa shape index (κ2) is 6.76. The molecule has 3 nitrogen and oxygen atoms in total. The van der Waals surface area contributed by atoms with E-state index in [1.807, 2.05) is 6.92 Å².